The highest BCUT2D eigenvalue weighted by Gasteiger charge is 2.32. The fourth-order valence-corrected chi connectivity index (χ4v) is 2.23. The molecule has 110 valence electrons. The van der Waals surface area contributed by atoms with E-state index in [1.54, 1.807) is 0 Å². The van der Waals surface area contributed by atoms with Crippen LogP contribution in [0.1, 0.15) is 38.5 Å². The lowest BCUT2D eigenvalue weighted by Crippen LogP contribution is -2.61. The number of rotatable bonds is 9. The van der Waals surface area contributed by atoms with Crippen molar-refractivity contribution in [1.82, 2.24) is 16.0 Å². The number of hydrogen-bond donors (Lipinski definition) is 4. The van der Waals surface area contributed by atoms with E-state index in [2.05, 4.69) is 16.0 Å². The van der Waals surface area contributed by atoms with Crippen LogP contribution >= 0.6 is 0 Å². The summed E-state index contributed by atoms with van der Waals surface area (Å²) in [5.41, 5.74) is 5.41. The first kappa shape index (κ1) is 15.9. The van der Waals surface area contributed by atoms with E-state index in [1.165, 1.54) is 0 Å². The predicted molar refractivity (Wildman–Crippen MR) is 74.5 cm³/mol. The van der Waals surface area contributed by atoms with Gasteiger partial charge >= 0.3 is 0 Å². The first-order chi connectivity index (χ1) is 9.19. The lowest BCUT2D eigenvalue weighted by molar-refractivity contribution is -0.137. The normalized spacial score (nSPS) is 23.1. The van der Waals surface area contributed by atoms with Crippen LogP contribution < -0.4 is 21.7 Å². The average Bonchev–Trinajstić information content (AvgIpc) is 2.39. The Bertz CT molecular complexity index is 296. The van der Waals surface area contributed by atoms with Gasteiger partial charge in [0.05, 0.1) is 0 Å². The second-order valence-electron chi connectivity index (χ2n) is 5.01. The lowest BCUT2D eigenvalue weighted by atomic mass is 10.0. The van der Waals surface area contributed by atoms with Crippen molar-refractivity contribution in [3.05, 3.63) is 0 Å². The summed E-state index contributed by atoms with van der Waals surface area (Å²) in [5.74, 6) is -0.114. The molecular formula is C13H26N4O2. The minimum absolute atomic E-state index is 0.0539. The summed E-state index contributed by atoms with van der Waals surface area (Å²) in [6.45, 7) is 1.56. The third kappa shape index (κ3) is 5.57. The van der Waals surface area contributed by atoms with Crippen LogP contribution in [-0.4, -0.2) is 44.0 Å². The Morgan fingerprint density at radius 2 is 1.53 bits per heavy atom. The van der Waals surface area contributed by atoms with Gasteiger partial charge in [0.15, 0.2) is 0 Å². The Labute approximate surface area is 114 Å². The molecule has 2 atom stereocenters. The van der Waals surface area contributed by atoms with Gasteiger partial charge in [-0.2, -0.15) is 0 Å². The predicted octanol–water partition coefficient (Wildman–Crippen LogP) is -0.512. The van der Waals surface area contributed by atoms with Gasteiger partial charge in [-0.1, -0.05) is 0 Å². The second kappa shape index (κ2) is 8.87. The highest BCUT2D eigenvalue weighted by atomic mass is 16.2. The standard InChI is InChI=1S/C13H26N4O2/c1-15-9-5-3-7-11-13(19)16-10(12(18)17-11)6-2-4-8-14/h10-11,15H,2-9,14H2,1H3,(H,16,19)(H,17,18). The fourth-order valence-electron chi connectivity index (χ4n) is 2.23. The molecule has 1 heterocycles. The number of carbonyl (C=O) groups excluding carboxylic acids is 2. The summed E-state index contributed by atoms with van der Waals surface area (Å²) in [5, 5.41) is 8.69. The van der Waals surface area contributed by atoms with Crippen LogP contribution in [0, 0.1) is 0 Å². The molecule has 0 aromatic rings. The molecule has 1 saturated heterocycles. The smallest absolute Gasteiger partial charge is 0.243 e. The summed E-state index contributed by atoms with van der Waals surface area (Å²) in [4.78, 5) is 23.7. The fraction of sp³-hybridized carbons (Fsp3) is 0.846. The number of carbonyl (C=O) groups is 2. The molecule has 1 aliphatic rings. The second-order valence-corrected chi connectivity index (χ2v) is 5.01. The van der Waals surface area contributed by atoms with Crippen molar-refractivity contribution in [1.29, 1.82) is 0 Å². The highest BCUT2D eigenvalue weighted by Crippen LogP contribution is 2.09. The molecule has 6 heteroatoms. The number of hydrogen-bond acceptors (Lipinski definition) is 4. The van der Waals surface area contributed by atoms with Crippen LogP contribution in [0.2, 0.25) is 0 Å². The third-order valence-corrected chi connectivity index (χ3v) is 3.38. The molecule has 0 bridgehead atoms. The summed E-state index contributed by atoms with van der Waals surface area (Å²) >= 11 is 0. The number of nitrogens with one attached hydrogen (secondary N) is 3. The van der Waals surface area contributed by atoms with Crippen molar-refractivity contribution in [2.24, 2.45) is 5.73 Å². The van der Waals surface area contributed by atoms with Crippen molar-refractivity contribution < 1.29 is 9.59 Å². The van der Waals surface area contributed by atoms with Crippen LogP contribution in [0.3, 0.4) is 0 Å². The van der Waals surface area contributed by atoms with Gasteiger partial charge in [-0.25, -0.2) is 0 Å². The highest BCUT2D eigenvalue weighted by molar-refractivity contribution is 5.96. The Balaban J connectivity index is 2.30. The van der Waals surface area contributed by atoms with Crippen molar-refractivity contribution in [2.45, 2.75) is 50.6 Å². The SMILES string of the molecule is CNCCCCC1NC(=O)C(CCCCN)NC1=O. The van der Waals surface area contributed by atoms with Crippen LogP contribution in [0.25, 0.3) is 0 Å². The van der Waals surface area contributed by atoms with Gasteiger partial charge in [0.25, 0.3) is 0 Å². The minimum Gasteiger partial charge on any atom is -0.343 e. The molecule has 0 aromatic heterocycles. The molecule has 0 radical (unpaired) electrons. The molecule has 6 nitrogen and oxygen atoms in total. The summed E-state index contributed by atoms with van der Waals surface area (Å²) in [6, 6.07) is -0.747. The summed E-state index contributed by atoms with van der Waals surface area (Å²) < 4.78 is 0. The van der Waals surface area contributed by atoms with Crippen molar-refractivity contribution >= 4 is 11.8 Å². The molecule has 0 aliphatic carbocycles. The largest absolute Gasteiger partial charge is 0.343 e. The van der Waals surface area contributed by atoms with E-state index in [9.17, 15) is 9.59 Å². The number of amides is 2. The Kier molecular flexibility index (Phi) is 7.43. The summed E-state index contributed by atoms with van der Waals surface area (Å²) in [6.07, 6.45) is 5.05. The minimum atomic E-state index is -0.382. The zero-order valence-electron chi connectivity index (χ0n) is 11.7. The molecule has 1 fully saturated rings. The lowest BCUT2D eigenvalue weighted by Gasteiger charge is -2.29. The monoisotopic (exact) mass is 270 g/mol. The van der Waals surface area contributed by atoms with Gasteiger partial charge in [0.2, 0.25) is 11.8 Å². The van der Waals surface area contributed by atoms with Crippen LogP contribution in [0.5, 0.6) is 0 Å². The molecule has 5 N–H and O–H groups in total. The molecule has 2 amide bonds. The third-order valence-electron chi connectivity index (χ3n) is 3.38. The van der Waals surface area contributed by atoms with E-state index < -0.39 is 0 Å². The van der Waals surface area contributed by atoms with E-state index in [1.807, 2.05) is 7.05 Å². The van der Waals surface area contributed by atoms with Gasteiger partial charge in [0, 0.05) is 0 Å². The van der Waals surface area contributed by atoms with E-state index in [0.29, 0.717) is 19.4 Å². The maximum Gasteiger partial charge on any atom is 0.243 e. The van der Waals surface area contributed by atoms with E-state index in [0.717, 1.165) is 32.2 Å². The van der Waals surface area contributed by atoms with Crippen molar-refractivity contribution in [3.63, 3.8) is 0 Å². The molecule has 0 saturated carbocycles. The molecule has 1 aliphatic heterocycles. The molecular weight excluding hydrogens is 244 g/mol. The molecule has 0 spiro atoms. The number of unbranched alkanes of at least 4 members (excludes halogenated alkanes) is 2. The van der Waals surface area contributed by atoms with E-state index >= 15 is 0 Å². The van der Waals surface area contributed by atoms with E-state index in [-0.39, 0.29) is 23.9 Å². The van der Waals surface area contributed by atoms with Crippen molar-refractivity contribution in [3.8, 4) is 0 Å². The van der Waals surface area contributed by atoms with Crippen molar-refractivity contribution in [2.75, 3.05) is 20.1 Å². The first-order valence-electron chi connectivity index (χ1n) is 7.14. The van der Waals surface area contributed by atoms with Gasteiger partial charge in [-0.15, -0.1) is 0 Å². The number of piperazine rings is 1. The molecule has 2 unspecified atom stereocenters. The Morgan fingerprint density at radius 1 is 1.00 bits per heavy atom. The zero-order chi connectivity index (χ0) is 14.1. The molecule has 19 heavy (non-hydrogen) atoms. The van der Waals surface area contributed by atoms with Crippen LogP contribution in [0.15, 0.2) is 0 Å². The van der Waals surface area contributed by atoms with Gasteiger partial charge in [0.1, 0.15) is 12.1 Å². The van der Waals surface area contributed by atoms with Gasteiger partial charge in [-0.05, 0) is 58.7 Å². The number of nitrogens with two attached hydrogens (primary N) is 1. The maximum absolute atomic E-state index is 11.9. The Morgan fingerprint density at radius 3 is 2.00 bits per heavy atom. The Hall–Kier alpha value is -1.14. The molecule has 1 rings (SSSR count). The topological polar surface area (TPSA) is 96.2 Å². The quantitative estimate of drug-likeness (QED) is 0.424. The maximum atomic E-state index is 11.9. The van der Waals surface area contributed by atoms with Gasteiger partial charge in [-0.3, -0.25) is 9.59 Å². The van der Waals surface area contributed by atoms with Gasteiger partial charge < -0.3 is 21.7 Å². The molecule has 0 aromatic carbocycles. The average molecular weight is 270 g/mol. The van der Waals surface area contributed by atoms with Crippen LogP contribution in [0.4, 0.5) is 0 Å². The first-order valence-corrected chi connectivity index (χ1v) is 7.14. The van der Waals surface area contributed by atoms with E-state index in [4.69, 9.17) is 5.73 Å². The summed E-state index contributed by atoms with van der Waals surface area (Å²) in [7, 11) is 1.90. The van der Waals surface area contributed by atoms with Crippen LogP contribution in [-0.2, 0) is 9.59 Å². The zero-order valence-corrected chi connectivity index (χ0v) is 11.7.